The van der Waals surface area contributed by atoms with Gasteiger partial charge in [-0.2, -0.15) is 0 Å². The van der Waals surface area contributed by atoms with Gasteiger partial charge in [-0.05, 0) is 53.6 Å². The average Bonchev–Trinajstić information content (AvgIpc) is 3.07. The summed E-state index contributed by atoms with van der Waals surface area (Å²) in [6.45, 7) is 0.310. The van der Waals surface area contributed by atoms with E-state index in [1.54, 1.807) is 30.2 Å². The number of methoxy groups -OCH3 is 1. The number of ether oxygens (including phenoxy) is 1. The van der Waals surface area contributed by atoms with Gasteiger partial charge in [-0.3, -0.25) is 9.59 Å². The molecule has 1 unspecified atom stereocenters. The Balaban J connectivity index is 1.68. The number of rotatable bonds is 4. The molecule has 0 spiro atoms. The van der Waals surface area contributed by atoms with E-state index >= 15 is 0 Å². The van der Waals surface area contributed by atoms with Gasteiger partial charge < -0.3 is 14.1 Å². The smallest absolute Gasteiger partial charge is 0.291 e. The molecule has 2 heterocycles. The molecule has 0 saturated carbocycles. The number of carbonyl (C=O) groups excluding carboxylic acids is 1. The lowest BCUT2D eigenvalue weighted by Crippen LogP contribution is -2.29. The molecule has 0 bridgehead atoms. The van der Waals surface area contributed by atoms with Crippen molar-refractivity contribution in [3.8, 4) is 5.75 Å². The van der Waals surface area contributed by atoms with Crippen LogP contribution in [0.15, 0.2) is 80.4 Å². The van der Waals surface area contributed by atoms with E-state index in [0.717, 1.165) is 21.3 Å². The fraction of sp³-hybridized carbons (Fsp3) is 0.120. The molecular formula is C25H17BrClNO4. The number of nitrogens with zero attached hydrogens (tertiary/aromatic N) is 1. The first kappa shape index (κ1) is 20.8. The molecule has 1 aromatic heterocycles. The molecule has 0 fully saturated rings. The summed E-state index contributed by atoms with van der Waals surface area (Å²) in [5.41, 5.74) is 2.16. The zero-order chi connectivity index (χ0) is 22.4. The second kappa shape index (κ2) is 8.11. The van der Waals surface area contributed by atoms with Gasteiger partial charge in [0.2, 0.25) is 5.76 Å². The number of fused-ring (bicyclic) bond motifs is 2. The highest BCUT2D eigenvalue weighted by atomic mass is 79.9. The molecule has 7 heteroatoms. The molecule has 0 aliphatic carbocycles. The van der Waals surface area contributed by atoms with Crippen LogP contribution in [0.2, 0.25) is 5.02 Å². The molecular weight excluding hydrogens is 494 g/mol. The summed E-state index contributed by atoms with van der Waals surface area (Å²) >= 11 is 9.58. The van der Waals surface area contributed by atoms with Crippen LogP contribution in [-0.2, 0) is 6.54 Å². The summed E-state index contributed by atoms with van der Waals surface area (Å²) in [4.78, 5) is 28.7. The average molecular weight is 511 g/mol. The lowest BCUT2D eigenvalue weighted by atomic mass is 9.98. The first-order valence-electron chi connectivity index (χ1n) is 9.92. The van der Waals surface area contributed by atoms with Crippen molar-refractivity contribution in [3.63, 3.8) is 0 Å². The zero-order valence-corrected chi connectivity index (χ0v) is 19.3. The van der Waals surface area contributed by atoms with Gasteiger partial charge in [0.15, 0.2) is 5.43 Å². The van der Waals surface area contributed by atoms with Crippen LogP contribution in [-0.4, -0.2) is 17.9 Å². The molecule has 0 radical (unpaired) electrons. The standard InChI is InChI=1S/C25H17BrClNO4/c1-31-18-9-2-14(3-10-18)13-28-22(15-4-6-16(26)7-5-15)21-23(29)19-12-17(27)8-11-20(19)32-24(21)25(28)30/h2-12,22H,13H2,1H3. The van der Waals surface area contributed by atoms with Crippen LogP contribution in [0, 0.1) is 0 Å². The first-order valence-corrected chi connectivity index (χ1v) is 11.1. The fourth-order valence-corrected chi connectivity index (χ4v) is 4.51. The van der Waals surface area contributed by atoms with Crippen molar-refractivity contribution in [2.24, 2.45) is 0 Å². The molecule has 160 valence electrons. The predicted molar refractivity (Wildman–Crippen MR) is 126 cm³/mol. The molecule has 4 aromatic rings. The summed E-state index contributed by atoms with van der Waals surface area (Å²) in [5.74, 6) is 0.484. The van der Waals surface area contributed by atoms with Gasteiger partial charge in [-0.1, -0.05) is 51.8 Å². The monoisotopic (exact) mass is 509 g/mol. The van der Waals surface area contributed by atoms with Crippen molar-refractivity contribution in [1.82, 2.24) is 4.90 Å². The Bertz CT molecular complexity index is 1400. The molecule has 5 rings (SSSR count). The third-order valence-electron chi connectivity index (χ3n) is 5.63. The quantitative estimate of drug-likeness (QED) is 0.340. The van der Waals surface area contributed by atoms with E-state index in [1.807, 2.05) is 48.5 Å². The Morgan fingerprint density at radius 3 is 2.44 bits per heavy atom. The van der Waals surface area contributed by atoms with Crippen molar-refractivity contribution in [3.05, 3.63) is 109 Å². The number of halogens is 2. The predicted octanol–water partition coefficient (Wildman–Crippen LogP) is 5.96. The van der Waals surface area contributed by atoms with Gasteiger partial charge in [0.1, 0.15) is 11.3 Å². The Morgan fingerprint density at radius 1 is 1.03 bits per heavy atom. The van der Waals surface area contributed by atoms with E-state index in [2.05, 4.69) is 15.9 Å². The molecule has 3 aromatic carbocycles. The summed E-state index contributed by atoms with van der Waals surface area (Å²) < 4.78 is 12.1. The lowest BCUT2D eigenvalue weighted by molar-refractivity contribution is 0.0714. The number of amides is 1. The van der Waals surface area contributed by atoms with Gasteiger partial charge in [0.25, 0.3) is 5.91 Å². The zero-order valence-electron chi connectivity index (χ0n) is 17.0. The molecule has 1 aliphatic heterocycles. The number of benzene rings is 3. The molecule has 0 saturated heterocycles. The molecule has 1 amide bonds. The Kier molecular flexibility index (Phi) is 5.27. The third-order valence-corrected chi connectivity index (χ3v) is 6.39. The minimum Gasteiger partial charge on any atom is -0.497 e. The van der Waals surface area contributed by atoms with Crippen molar-refractivity contribution in [2.45, 2.75) is 12.6 Å². The fourth-order valence-electron chi connectivity index (χ4n) is 4.07. The van der Waals surface area contributed by atoms with Crippen LogP contribution in [0.25, 0.3) is 11.0 Å². The highest BCUT2D eigenvalue weighted by molar-refractivity contribution is 9.10. The van der Waals surface area contributed by atoms with Crippen molar-refractivity contribution >= 4 is 44.4 Å². The van der Waals surface area contributed by atoms with E-state index < -0.39 is 6.04 Å². The Morgan fingerprint density at radius 2 is 1.75 bits per heavy atom. The second-order valence-electron chi connectivity index (χ2n) is 7.55. The van der Waals surface area contributed by atoms with Gasteiger partial charge >= 0.3 is 0 Å². The van der Waals surface area contributed by atoms with Gasteiger partial charge in [-0.25, -0.2) is 0 Å². The second-order valence-corrected chi connectivity index (χ2v) is 8.90. The van der Waals surface area contributed by atoms with Crippen molar-refractivity contribution in [2.75, 3.05) is 7.11 Å². The lowest BCUT2D eigenvalue weighted by Gasteiger charge is -2.25. The van der Waals surface area contributed by atoms with E-state index in [0.29, 0.717) is 28.1 Å². The number of hydrogen-bond acceptors (Lipinski definition) is 4. The summed E-state index contributed by atoms with van der Waals surface area (Å²) in [7, 11) is 1.60. The minimum absolute atomic E-state index is 0.0752. The van der Waals surface area contributed by atoms with Gasteiger partial charge in [0, 0.05) is 16.0 Å². The van der Waals surface area contributed by atoms with Gasteiger partial charge in [0.05, 0.1) is 24.1 Å². The maximum Gasteiger partial charge on any atom is 0.291 e. The highest BCUT2D eigenvalue weighted by Gasteiger charge is 2.42. The topological polar surface area (TPSA) is 59.8 Å². The van der Waals surface area contributed by atoms with Crippen LogP contribution in [0.4, 0.5) is 0 Å². The molecule has 1 atom stereocenters. The van der Waals surface area contributed by atoms with E-state index in [4.69, 9.17) is 20.8 Å². The highest BCUT2D eigenvalue weighted by Crippen LogP contribution is 2.39. The van der Waals surface area contributed by atoms with Crippen molar-refractivity contribution < 1.29 is 13.9 Å². The minimum atomic E-state index is -0.577. The van der Waals surface area contributed by atoms with Crippen LogP contribution < -0.4 is 10.2 Å². The normalized spacial score (nSPS) is 15.3. The maximum atomic E-state index is 13.5. The van der Waals surface area contributed by atoms with Crippen molar-refractivity contribution in [1.29, 1.82) is 0 Å². The van der Waals surface area contributed by atoms with E-state index in [9.17, 15) is 9.59 Å². The van der Waals surface area contributed by atoms with Crippen LogP contribution in [0.1, 0.15) is 33.3 Å². The third kappa shape index (κ3) is 3.49. The molecule has 5 nitrogen and oxygen atoms in total. The maximum absolute atomic E-state index is 13.5. The Labute approximate surface area is 197 Å². The first-order chi connectivity index (χ1) is 15.5. The van der Waals surface area contributed by atoms with Crippen LogP contribution in [0.3, 0.4) is 0 Å². The van der Waals surface area contributed by atoms with E-state index in [-0.39, 0.29) is 17.1 Å². The van der Waals surface area contributed by atoms with Crippen LogP contribution >= 0.6 is 27.5 Å². The molecule has 1 aliphatic rings. The summed E-state index contributed by atoms with van der Waals surface area (Å²) in [6.07, 6.45) is 0. The largest absolute Gasteiger partial charge is 0.497 e. The Hall–Kier alpha value is -3.09. The number of hydrogen-bond donors (Lipinski definition) is 0. The van der Waals surface area contributed by atoms with Crippen LogP contribution in [0.5, 0.6) is 5.75 Å². The van der Waals surface area contributed by atoms with Gasteiger partial charge in [-0.15, -0.1) is 0 Å². The molecule has 0 N–H and O–H groups in total. The number of carbonyl (C=O) groups is 1. The molecule has 32 heavy (non-hydrogen) atoms. The van der Waals surface area contributed by atoms with E-state index in [1.165, 1.54) is 0 Å². The summed E-state index contributed by atoms with van der Waals surface area (Å²) in [5, 5.41) is 0.793. The SMILES string of the molecule is COc1ccc(CN2C(=O)c3oc4ccc(Cl)cc4c(=O)c3C2c2ccc(Br)cc2)cc1. The summed E-state index contributed by atoms with van der Waals surface area (Å²) in [6, 6.07) is 19.3.